The van der Waals surface area contributed by atoms with Crippen molar-refractivity contribution in [1.29, 1.82) is 0 Å². The molecule has 1 saturated heterocycles. The lowest BCUT2D eigenvalue weighted by Crippen LogP contribution is -2.38. The lowest BCUT2D eigenvalue weighted by Gasteiger charge is -2.26. The molecule has 4 heteroatoms. The van der Waals surface area contributed by atoms with Gasteiger partial charge in [-0.3, -0.25) is 9.89 Å². The summed E-state index contributed by atoms with van der Waals surface area (Å²) in [4.78, 5) is 6.96. The molecule has 0 unspecified atom stereocenters. The Labute approximate surface area is 104 Å². The van der Waals surface area contributed by atoms with Crippen LogP contribution in [0.4, 0.5) is 0 Å². The van der Waals surface area contributed by atoms with Gasteiger partial charge in [0.15, 0.2) is 0 Å². The molecule has 1 aliphatic heterocycles. The summed E-state index contributed by atoms with van der Waals surface area (Å²) < 4.78 is 5.32. The molecule has 2 aliphatic rings. The van der Waals surface area contributed by atoms with E-state index in [-0.39, 0.29) is 0 Å². The predicted molar refractivity (Wildman–Crippen MR) is 70.3 cm³/mol. The molecule has 0 aromatic heterocycles. The van der Waals surface area contributed by atoms with E-state index >= 15 is 0 Å². The normalized spacial score (nSPS) is 25.1. The summed E-state index contributed by atoms with van der Waals surface area (Å²) in [6, 6.07) is 0. The van der Waals surface area contributed by atoms with Gasteiger partial charge in [-0.1, -0.05) is 19.3 Å². The van der Waals surface area contributed by atoms with Crippen LogP contribution in [-0.2, 0) is 4.74 Å². The van der Waals surface area contributed by atoms with Gasteiger partial charge in [0.2, 0.25) is 0 Å². The van der Waals surface area contributed by atoms with Crippen LogP contribution in [0.5, 0.6) is 0 Å². The van der Waals surface area contributed by atoms with Crippen molar-refractivity contribution >= 4 is 5.84 Å². The van der Waals surface area contributed by atoms with Crippen LogP contribution in [0, 0.1) is 5.92 Å². The summed E-state index contributed by atoms with van der Waals surface area (Å²) in [5.41, 5.74) is 6.07. The van der Waals surface area contributed by atoms with E-state index in [9.17, 15) is 0 Å². The Balaban J connectivity index is 1.67. The number of morpholine rings is 1. The third-order valence-corrected chi connectivity index (χ3v) is 3.84. The molecule has 0 spiro atoms. The number of ether oxygens (including phenoxy) is 1. The van der Waals surface area contributed by atoms with Crippen LogP contribution in [0.3, 0.4) is 0 Å². The molecule has 17 heavy (non-hydrogen) atoms. The van der Waals surface area contributed by atoms with Gasteiger partial charge in [0.25, 0.3) is 0 Å². The molecule has 1 heterocycles. The zero-order valence-electron chi connectivity index (χ0n) is 10.7. The lowest BCUT2D eigenvalue weighted by molar-refractivity contribution is 0.0394. The van der Waals surface area contributed by atoms with Gasteiger partial charge >= 0.3 is 0 Å². The van der Waals surface area contributed by atoms with Crippen molar-refractivity contribution in [2.75, 3.05) is 39.4 Å². The van der Waals surface area contributed by atoms with Gasteiger partial charge in [-0.15, -0.1) is 0 Å². The Bertz CT molecular complexity index is 243. The molecule has 0 atom stereocenters. The molecule has 2 N–H and O–H groups in total. The van der Waals surface area contributed by atoms with Crippen molar-refractivity contribution in [3.05, 3.63) is 0 Å². The molecule has 1 aliphatic carbocycles. The van der Waals surface area contributed by atoms with Crippen LogP contribution in [-0.4, -0.2) is 50.1 Å². The Morgan fingerprint density at radius 2 is 1.88 bits per heavy atom. The Morgan fingerprint density at radius 3 is 2.59 bits per heavy atom. The van der Waals surface area contributed by atoms with E-state index in [2.05, 4.69) is 9.89 Å². The van der Waals surface area contributed by atoms with Crippen molar-refractivity contribution < 1.29 is 4.74 Å². The Hall–Kier alpha value is -0.610. The van der Waals surface area contributed by atoms with Crippen molar-refractivity contribution in [2.24, 2.45) is 16.6 Å². The smallest absolute Gasteiger partial charge is 0.0968 e. The number of hydrogen-bond acceptors (Lipinski definition) is 3. The van der Waals surface area contributed by atoms with Gasteiger partial charge in [-0.05, 0) is 12.8 Å². The summed E-state index contributed by atoms with van der Waals surface area (Å²) in [5, 5.41) is 0. The highest BCUT2D eigenvalue weighted by molar-refractivity contribution is 5.82. The fraction of sp³-hybridized carbons (Fsp3) is 0.923. The minimum atomic E-state index is 0.563. The molecule has 2 rings (SSSR count). The van der Waals surface area contributed by atoms with Gasteiger partial charge in [-0.2, -0.15) is 0 Å². The highest BCUT2D eigenvalue weighted by Gasteiger charge is 2.16. The largest absolute Gasteiger partial charge is 0.387 e. The van der Waals surface area contributed by atoms with Gasteiger partial charge in [-0.25, -0.2) is 0 Å². The Morgan fingerprint density at radius 1 is 1.18 bits per heavy atom. The van der Waals surface area contributed by atoms with E-state index in [0.29, 0.717) is 5.92 Å². The first-order chi connectivity index (χ1) is 8.36. The minimum absolute atomic E-state index is 0.563. The molecular weight excluding hydrogens is 214 g/mol. The van der Waals surface area contributed by atoms with Crippen molar-refractivity contribution in [3.63, 3.8) is 0 Å². The van der Waals surface area contributed by atoms with Crippen molar-refractivity contribution in [1.82, 2.24) is 4.90 Å². The SMILES string of the molecule is NC(=NCCN1CCOCC1)C1CCCCC1. The number of nitrogens with zero attached hydrogens (tertiary/aromatic N) is 2. The first kappa shape index (κ1) is 12.8. The maximum absolute atomic E-state index is 6.07. The summed E-state index contributed by atoms with van der Waals surface area (Å²) in [6.45, 7) is 5.68. The molecule has 98 valence electrons. The molecule has 0 amide bonds. The molecule has 0 bridgehead atoms. The minimum Gasteiger partial charge on any atom is -0.387 e. The average molecular weight is 239 g/mol. The van der Waals surface area contributed by atoms with E-state index in [1.807, 2.05) is 0 Å². The summed E-state index contributed by atoms with van der Waals surface area (Å²) >= 11 is 0. The topological polar surface area (TPSA) is 50.8 Å². The van der Waals surface area contributed by atoms with Crippen LogP contribution >= 0.6 is 0 Å². The van der Waals surface area contributed by atoms with E-state index in [1.54, 1.807) is 0 Å². The molecule has 0 aromatic rings. The third kappa shape index (κ3) is 4.28. The van der Waals surface area contributed by atoms with E-state index < -0.39 is 0 Å². The summed E-state index contributed by atoms with van der Waals surface area (Å²) in [6.07, 6.45) is 6.51. The quantitative estimate of drug-likeness (QED) is 0.593. The average Bonchev–Trinajstić information content (AvgIpc) is 2.41. The van der Waals surface area contributed by atoms with Crippen LogP contribution in [0.2, 0.25) is 0 Å². The van der Waals surface area contributed by atoms with Crippen molar-refractivity contribution in [2.45, 2.75) is 32.1 Å². The number of hydrogen-bond donors (Lipinski definition) is 1. The van der Waals surface area contributed by atoms with Crippen molar-refractivity contribution in [3.8, 4) is 0 Å². The van der Waals surface area contributed by atoms with Crippen LogP contribution < -0.4 is 5.73 Å². The zero-order chi connectivity index (χ0) is 11.9. The molecule has 1 saturated carbocycles. The molecular formula is C13H25N3O. The summed E-state index contributed by atoms with van der Waals surface area (Å²) in [7, 11) is 0. The van der Waals surface area contributed by atoms with Gasteiger partial charge < -0.3 is 10.5 Å². The van der Waals surface area contributed by atoms with Crippen LogP contribution in [0.15, 0.2) is 4.99 Å². The monoisotopic (exact) mass is 239 g/mol. The van der Waals surface area contributed by atoms with Crippen LogP contribution in [0.1, 0.15) is 32.1 Å². The number of aliphatic imine (C=N–C) groups is 1. The van der Waals surface area contributed by atoms with E-state index in [0.717, 1.165) is 45.2 Å². The molecule has 0 radical (unpaired) electrons. The maximum Gasteiger partial charge on any atom is 0.0968 e. The number of amidine groups is 1. The first-order valence-corrected chi connectivity index (χ1v) is 6.96. The second-order valence-corrected chi connectivity index (χ2v) is 5.10. The molecule has 4 nitrogen and oxygen atoms in total. The van der Waals surface area contributed by atoms with E-state index in [4.69, 9.17) is 10.5 Å². The fourth-order valence-electron chi connectivity index (χ4n) is 2.67. The third-order valence-electron chi connectivity index (χ3n) is 3.84. The van der Waals surface area contributed by atoms with Gasteiger partial charge in [0.1, 0.15) is 0 Å². The molecule has 2 fully saturated rings. The lowest BCUT2D eigenvalue weighted by atomic mass is 9.88. The number of rotatable bonds is 4. The van der Waals surface area contributed by atoms with Gasteiger partial charge in [0.05, 0.1) is 25.6 Å². The Kier molecular flexibility index (Phi) is 5.26. The van der Waals surface area contributed by atoms with Crippen LogP contribution in [0.25, 0.3) is 0 Å². The fourth-order valence-corrected chi connectivity index (χ4v) is 2.67. The molecule has 0 aromatic carbocycles. The van der Waals surface area contributed by atoms with Gasteiger partial charge in [0, 0.05) is 25.6 Å². The summed E-state index contributed by atoms with van der Waals surface area (Å²) in [5.74, 6) is 1.46. The van der Waals surface area contributed by atoms with E-state index in [1.165, 1.54) is 32.1 Å². The maximum atomic E-state index is 6.07. The standard InChI is InChI=1S/C13H25N3O/c14-13(12-4-2-1-3-5-12)15-6-7-16-8-10-17-11-9-16/h12H,1-11H2,(H2,14,15). The number of nitrogens with two attached hydrogens (primary N) is 1. The predicted octanol–water partition coefficient (Wildman–Crippen LogP) is 1.26. The highest BCUT2D eigenvalue weighted by atomic mass is 16.5. The highest BCUT2D eigenvalue weighted by Crippen LogP contribution is 2.23. The second kappa shape index (κ2) is 6.97. The first-order valence-electron chi connectivity index (χ1n) is 6.96. The second-order valence-electron chi connectivity index (χ2n) is 5.10. The zero-order valence-corrected chi connectivity index (χ0v) is 10.7.